The van der Waals surface area contributed by atoms with Crippen molar-refractivity contribution in [3.8, 4) is 28.6 Å². The fourth-order valence-corrected chi connectivity index (χ4v) is 11.2. The van der Waals surface area contributed by atoms with Crippen LogP contribution < -0.4 is 0 Å². The molecule has 56 heavy (non-hydrogen) atoms. The van der Waals surface area contributed by atoms with E-state index in [9.17, 15) is 14.0 Å². The van der Waals surface area contributed by atoms with E-state index in [0.29, 0.717) is 16.7 Å². The van der Waals surface area contributed by atoms with E-state index < -0.39 is 11.6 Å². The molecule has 0 atom stereocenters. The minimum atomic E-state index is -0.702. The summed E-state index contributed by atoms with van der Waals surface area (Å²) in [5.41, 5.74) is 6.70. The van der Waals surface area contributed by atoms with Crippen molar-refractivity contribution < 1.29 is 8.78 Å². The molecule has 12 aromatic rings. The van der Waals surface area contributed by atoms with Crippen LogP contribution in [-0.4, -0.2) is 9.13 Å². The summed E-state index contributed by atoms with van der Waals surface area (Å²) in [5, 5.41) is 19.9. The number of aromatic nitrogens is 2. The van der Waals surface area contributed by atoms with Crippen molar-refractivity contribution in [1.82, 2.24) is 9.13 Å². The van der Waals surface area contributed by atoms with Crippen LogP contribution in [0.2, 0.25) is 0 Å². The molecule has 0 aliphatic rings. The number of rotatable bonds is 3. The highest BCUT2D eigenvalue weighted by atomic mass is 32.1. The van der Waals surface area contributed by atoms with E-state index in [4.69, 9.17) is 0 Å². The minimum Gasteiger partial charge on any atom is -0.306 e. The van der Waals surface area contributed by atoms with E-state index in [-0.39, 0.29) is 0 Å². The lowest BCUT2D eigenvalue weighted by Gasteiger charge is -2.20. The normalized spacial score (nSPS) is 12.1. The Labute approximate surface area is 325 Å². The predicted molar refractivity (Wildman–Crippen MR) is 231 cm³/mol. The van der Waals surface area contributed by atoms with Crippen LogP contribution in [0, 0.1) is 23.0 Å². The van der Waals surface area contributed by atoms with Crippen LogP contribution in [0.3, 0.4) is 0 Å². The van der Waals surface area contributed by atoms with E-state index in [1.165, 1.54) is 31.6 Å². The minimum absolute atomic E-state index is 0.298. The molecule has 0 unspecified atom stereocenters. The first-order valence-electron chi connectivity index (χ1n) is 18.3. The van der Waals surface area contributed by atoms with Crippen molar-refractivity contribution in [2.75, 3.05) is 0 Å². The molecule has 262 valence electrons. The summed E-state index contributed by atoms with van der Waals surface area (Å²) in [6, 6.07) is 52.5. The summed E-state index contributed by atoms with van der Waals surface area (Å²) in [6.45, 7) is 0. The molecule has 0 N–H and O–H groups in total. The second-order valence-corrected chi connectivity index (χ2v) is 16.4. The molecule has 0 aliphatic carbocycles. The first-order valence-corrected chi connectivity index (χ1v) is 19.9. The molecule has 12 rings (SSSR count). The third-order valence-corrected chi connectivity index (χ3v) is 13.5. The van der Waals surface area contributed by atoms with Gasteiger partial charge in [0.15, 0.2) is 0 Å². The molecule has 4 aromatic heterocycles. The lowest BCUT2D eigenvalue weighted by atomic mass is 9.97. The zero-order chi connectivity index (χ0) is 37.2. The van der Waals surface area contributed by atoms with Crippen molar-refractivity contribution in [1.29, 1.82) is 5.26 Å². The number of halogens is 2. The quantitative estimate of drug-likeness (QED) is 0.177. The number of para-hydroxylation sites is 2. The van der Waals surface area contributed by atoms with Crippen LogP contribution in [-0.2, 0) is 0 Å². The Kier molecular flexibility index (Phi) is 6.51. The van der Waals surface area contributed by atoms with E-state index in [0.717, 1.165) is 81.9 Å². The van der Waals surface area contributed by atoms with Crippen molar-refractivity contribution in [3.05, 3.63) is 169 Å². The Morgan fingerprint density at radius 3 is 1.43 bits per heavy atom. The molecule has 0 saturated carbocycles. The Morgan fingerprint density at radius 1 is 0.446 bits per heavy atom. The highest BCUT2D eigenvalue weighted by Crippen LogP contribution is 2.47. The molecule has 7 heteroatoms. The average Bonchev–Trinajstić information content (AvgIpc) is 3.97. The Hall–Kier alpha value is -6.85. The maximum atomic E-state index is 15.0. The summed E-state index contributed by atoms with van der Waals surface area (Å²) in [6.07, 6.45) is 0. The lowest BCUT2D eigenvalue weighted by Crippen LogP contribution is -2.06. The maximum Gasteiger partial charge on any atom is 0.126 e. The number of hydrogen-bond donors (Lipinski definition) is 0. The number of thiophene rings is 2. The van der Waals surface area contributed by atoms with Gasteiger partial charge in [0.05, 0.1) is 45.1 Å². The molecular weight excluding hydrogens is 733 g/mol. The number of fused-ring (bicyclic) bond motifs is 14. The predicted octanol–water partition coefficient (Wildman–Crippen LogP) is 14.4. The molecule has 0 saturated heterocycles. The second kappa shape index (κ2) is 11.6. The zero-order valence-electron chi connectivity index (χ0n) is 29.3. The summed E-state index contributed by atoms with van der Waals surface area (Å²) in [5.74, 6) is -1.40. The first-order chi connectivity index (χ1) is 27.6. The van der Waals surface area contributed by atoms with Gasteiger partial charge in [-0.25, -0.2) is 8.78 Å². The Morgan fingerprint density at radius 2 is 0.911 bits per heavy atom. The van der Waals surface area contributed by atoms with E-state index in [1.807, 2.05) is 18.2 Å². The molecule has 3 nitrogen and oxygen atoms in total. The number of benzene rings is 8. The molecule has 0 radical (unpaired) electrons. The summed E-state index contributed by atoms with van der Waals surface area (Å²) in [4.78, 5) is 0. The Bertz CT molecular complexity index is 3690. The molecule has 0 aliphatic heterocycles. The molecule has 8 aromatic carbocycles. The standard InChI is InChI=1S/C49H25F2N3S2/c50-29-21-27(22-30(51)24-29)37-25-41(54-39-14-6-2-10-32(39)34-18-20-45-47(49(34)54)36-12-4-8-16-43(36)56-45)40(23-28(37)26-52)53-38-13-5-1-9-31(38)33-17-19-44-46(48(33)53)35-11-3-7-15-42(35)55-44/h1-25H. The van der Waals surface area contributed by atoms with Gasteiger partial charge < -0.3 is 9.13 Å². The van der Waals surface area contributed by atoms with Gasteiger partial charge in [0.25, 0.3) is 0 Å². The van der Waals surface area contributed by atoms with Crippen molar-refractivity contribution in [2.45, 2.75) is 0 Å². The third-order valence-electron chi connectivity index (χ3n) is 11.2. The number of hydrogen-bond acceptors (Lipinski definition) is 3. The van der Waals surface area contributed by atoms with E-state index >= 15 is 0 Å². The third kappa shape index (κ3) is 4.28. The summed E-state index contributed by atoms with van der Waals surface area (Å²) >= 11 is 3.53. The van der Waals surface area contributed by atoms with Gasteiger partial charge in [-0.2, -0.15) is 5.26 Å². The molecule has 4 heterocycles. The van der Waals surface area contributed by atoms with Gasteiger partial charge >= 0.3 is 0 Å². The van der Waals surface area contributed by atoms with E-state index in [2.05, 4.69) is 130 Å². The monoisotopic (exact) mass is 757 g/mol. The number of nitrogens with zero attached hydrogens (tertiary/aromatic N) is 3. The van der Waals surface area contributed by atoms with Crippen molar-refractivity contribution in [3.63, 3.8) is 0 Å². The SMILES string of the molecule is N#Cc1cc(-n2c3ccccc3c3ccc4sc5ccccc5c4c32)c(-n2c3ccccc3c3ccc4sc5ccccc5c4c32)cc1-c1cc(F)cc(F)c1. The van der Waals surface area contributed by atoms with Gasteiger partial charge in [-0.05, 0) is 66.2 Å². The van der Waals surface area contributed by atoms with Crippen molar-refractivity contribution in [2.24, 2.45) is 0 Å². The average molecular weight is 758 g/mol. The largest absolute Gasteiger partial charge is 0.306 e. The second-order valence-electron chi connectivity index (χ2n) is 14.2. The van der Waals surface area contributed by atoms with Crippen LogP contribution in [0.15, 0.2) is 152 Å². The molecule has 0 amide bonds. The molecular formula is C49H25F2N3S2. The van der Waals surface area contributed by atoms with Crippen LogP contribution >= 0.6 is 22.7 Å². The highest BCUT2D eigenvalue weighted by molar-refractivity contribution is 7.26. The van der Waals surface area contributed by atoms with Crippen LogP contribution in [0.25, 0.3) is 106 Å². The maximum absolute atomic E-state index is 15.0. The van der Waals surface area contributed by atoms with Gasteiger partial charge in [0.1, 0.15) is 11.6 Å². The van der Waals surface area contributed by atoms with Crippen LogP contribution in [0.5, 0.6) is 0 Å². The van der Waals surface area contributed by atoms with Gasteiger partial charge in [-0.15, -0.1) is 22.7 Å². The summed E-state index contributed by atoms with van der Waals surface area (Å²) < 4.78 is 39.3. The van der Waals surface area contributed by atoms with Gasteiger partial charge in [0, 0.05) is 73.5 Å². The topological polar surface area (TPSA) is 33.6 Å². The van der Waals surface area contributed by atoms with Gasteiger partial charge in [-0.1, -0.05) is 84.9 Å². The fraction of sp³-hybridized carbons (Fsp3) is 0. The molecule has 0 bridgehead atoms. The molecule has 0 spiro atoms. The van der Waals surface area contributed by atoms with Crippen LogP contribution in [0.4, 0.5) is 8.78 Å². The van der Waals surface area contributed by atoms with E-state index in [1.54, 1.807) is 22.7 Å². The Balaban J connectivity index is 1.34. The van der Waals surface area contributed by atoms with Crippen molar-refractivity contribution >= 4 is 107 Å². The van der Waals surface area contributed by atoms with Gasteiger partial charge in [-0.3, -0.25) is 0 Å². The smallest absolute Gasteiger partial charge is 0.126 e. The zero-order valence-corrected chi connectivity index (χ0v) is 31.0. The lowest BCUT2D eigenvalue weighted by molar-refractivity contribution is 0.584. The first kappa shape index (κ1) is 31.5. The van der Waals surface area contributed by atoms with Crippen LogP contribution in [0.1, 0.15) is 5.56 Å². The highest BCUT2D eigenvalue weighted by Gasteiger charge is 2.26. The van der Waals surface area contributed by atoms with Gasteiger partial charge in [0.2, 0.25) is 0 Å². The number of nitriles is 1. The molecule has 0 fully saturated rings. The fourth-order valence-electron chi connectivity index (χ4n) is 9.01. The summed E-state index contributed by atoms with van der Waals surface area (Å²) in [7, 11) is 0.